The van der Waals surface area contributed by atoms with Gasteiger partial charge in [0.1, 0.15) is 0 Å². The molecule has 0 N–H and O–H groups in total. The van der Waals surface area contributed by atoms with Crippen molar-refractivity contribution in [1.82, 2.24) is 4.90 Å². The number of amides is 1. The summed E-state index contributed by atoms with van der Waals surface area (Å²) in [7, 11) is 0. The molecule has 1 fully saturated rings. The van der Waals surface area contributed by atoms with E-state index < -0.39 is 0 Å². The predicted octanol–water partition coefficient (Wildman–Crippen LogP) is 3.83. The lowest BCUT2D eigenvalue weighted by Gasteiger charge is -2.31. The fourth-order valence-corrected chi connectivity index (χ4v) is 3.96. The van der Waals surface area contributed by atoms with Crippen molar-refractivity contribution >= 4 is 23.2 Å². The lowest BCUT2D eigenvalue weighted by Crippen LogP contribution is -2.42. The van der Waals surface area contributed by atoms with Gasteiger partial charge in [-0.05, 0) is 36.8 Å². The summed E-state index contributed by atoms with van der Waals surface area (Å²) in [4.78, 5) is 27.5. The second-order valence-electron chi connectivity index (χ2n) is 5.87. The highest BCUT2D eigenvalue weighted by Crippen LogP contribution is 2.30. The first-order valence-electron chi connectivity index (χ1n) is 8.29. The molecule has 0 radical (unpaired) electrons. The summed E-state index contributed by atoms with van der Waals surface area (Å²) >= 11 is 1.46. The van der Waals surface area contributed by atoms with Crippen molar-refractivity contribution in [2.45, 2.75) is 19.8 Å². The van der Waals surface area contributed by atoms with Crippen molar-refractivity contribution in [1.29, 1.82) is 0 Å². The molecule has 0 bridgehead atoms. The number of hydrogen-bond donors (Lipinski definition) is 0. The molecule has 4 nitrogen and oxygen atoms in total. The van der Waals surface area contributed by atoms with E-state index in [-0.39, 0.29) is 17.8 Å². The van der Waals surface area contributed by atoms with Crippen LogP contribution >= 0.6 is 11.3 Å². The number of rotatable bonds is 4. The average Bonchev–Trinajstić information content (AvgIpc) is 3.12. The van der Waals surface area contributed by atoms with Crippen LogP contribution in [0, 0.1) is 5.92 Å². The van der Waals surface area contributed by atoms with E-state index in [9.17, 15) is 9.59 Å². The van der Waals surface area contributed by atoms with Crippen LogP contribution < -0.4 is 0 Å². The topological polar surface area (TPSA) is 46.6 Å². The highest BCUT2D eigenvalue weighted by molar-refractivity contribution is 7.12. The van der Waals surface area contributed by atoms with Gasteiger partial charge in [-0.25, -0.2) is 0 Å². The molecular weight excluding hydrogens is 322 g/mol. The van der Waals surface area contributed by atoms with Gasteiger partial charge in [0.2, 0.25) is 0 Å². The molecule has 1 aliphatic heterocycles. The maximum atomic E-state index is 13.0. The van der Waals surface area contributed by atoms with Gasteiger partial charge in [0.25, 0.3) is 5.91 Å². The zero-order chi connectivity index (χ0) is 16.9. The number of carbonyl (C=O) groups is 2. The van der Waals surface area contributed by atoms with Crippen LogP contribution in [0.5, 0.6) is 0 Å². The van der Waals surface area contributed by atoms with Gasteiger partial charge in [-0.1, -0.05) is 30.3 Å². The van der Waals surface area contributed by atoms with Gasteiger partial charge in [-0.2, -0.15) is 0 Å². The molecule has 0 saturated carbocycles. The van der Waals surface area contributed by atoms with E-state index in [1.165, 1.54) is 11.3 Å². The van der Waals surface area contributed by atoms with E-state index in [1.54, 1.807) is 11.8 Å². The number of esters is 1. The highest BCUT2D eigenvalue weighted by atomic mass is 32.1. The minimum absolute atomic E-state index is 0.0119. The molecule has 1 atom stereocenters. The molecule has 0 spiro atoms. The van der Waals surface area contributed by atoms with E-state index >= 15 is 0 Å². The Kier molecular flexibility index (Phi) is 5.30. The van der Waals surface area contributed by atoms with E-state index in [0.717, 1.165) is 28.8 Å². The molecule has 1 unspecified atom stereocenters. The monoisotopic (exact) mass is 343 g/mol. The third-order valence-corrected chi connectivity index (χ3v) is 5.18. The van der Waals surface area contributed by atoms with Crippen molar-refractivity contribution in [3.8, 4) is 11.1 Å². The number of thiophene rings is 1. The largest absolute Gasteiger partial charge is 0.466 e. The molecule has 1 saturated heterocycles. The molecule has 1 aliphatic rings. The lowest BCUT2D eigenvalue weighted by atomic mass is 9.97. The van der Waals surface area contributed by atoms with Gasteiger partial charge < -0.3 is 9.64 Å². The fourth-order valence-electron chi connectivity index (χ4n) is 3.08. The summed E-state index contributed by atoms with van der Waals surface area (Å²) in [6.07, 6.45) is 1.62. The Morgan fingerprint density at radius 2 is 2.04 bits per heavy atom. The molecule has 1 aromatic carbocycles. The maximum absolute atomic E-state index is 13.0. The Hall–Kier alpha value is -2.14. The van der Waals surface area contributed by atoms with Gasteiger partial charge in [0.05, 0.1) is 17.4 Å². The highest BCUT2D eigenvalue weighted by Gasteiger charge is 2.31. The fraction of sp³-hybridized carbons (Fsp3) is 0.368. The zero-order valence-corrected chi connectivity index (χ0v) is 14.6. The molecule has 2 heterocycles. The Morgan fingerprint density at radius 3 is 2.79 bits per heavy atom. The Balaban J connectivity index is 1.78. The van der Waals surface area contributed by atoms with Gasteiger partial charge in [-0.15, -0.1) is 11.3 Å². The summed E-state index contributed by atoms with van der Waals surface area (Å²) in [6.45, 7) is 3.33. The quantitative estimate of drug-likeness (QED) is 0.793. The average molecular weight is 343 g/mol. The third-order valence-electron chi connectivity index (χ3n) is 4.27. The number of carbonyl (C=O) groups excluding carboxylic acids is 2. The van der Waals surface area contributed by atoms with Gasteiger partial charge in [0, 0.05) is 18.7 Å². The Labute approximate surface area is 146 Å². The molecule has 126 valence electrons. The van der Waals surface area contributed by atoms with Crippen LogP contribution in [-0.2, 0) is 9.53 Å². The van der Waals surface area contributed by atoms with Crippen LogP contribution in [0.3, 0.4) is 0 Å². The van der Waals surface area contributed by atoms with Gasteiger partial charge in [-0.3, -0.25) is 9.59 Å². The number of benzene rings is 1. The molecule has 5 heteroatoms. The lowest BCUT2D eigenvalue weighted by molar-refractivity contribution is -0.149. The first-order valence-corrected chi connectivity index (χ1v) is 9.17. The molecule has 2 aromatic rings. The molecule has 24 heavy (non-hydrogen) atoms. The first kappa shape index (κ1) is 16.7. The van der Waals surface area contributed by atoms with Crippen LogP contribution in [0.4, 0.5) is 0 Å². The molecular formula is C19H21NO3S. The van der Waals surface area contributed by atoms with E-state index in [1.807, 2.05) is 41.8 Å². The molecule has 1 aromatic heterocycles. The predicted molar refractivity (Wildman–Crippen MR) is 95.0 cm³/mol. The number of nitrogens with zero attached hydrogens (tertiary/aromatic N) is 1. The summed E-state index contributed by atoms with van der Waals surface area (Å²) in [5, 5.41) is 1.95. The standard InChI is InChI=1S/C19H21NO3S/c1-2-23-19(22)15-9-6-11-20(13-15)18(21)17-16(10-12-24-17)14-7-4-3-5-8-14/h3-5,7-8,10,12,15H,2,6,9,11,13H2,1H3. The van der Waals surface area contributed by atoms with Crippen LogP contribution in [0.2, 0.25) is 0 Å². The van der Waals surface area contributed by atoms with E-state index in [0.29, 0.717) is 19.7 Å². The van der Waals surface area contributed by atoms with Crippen molar-refractivity contribution in [2.24, 2.45) is 5.92 Å². The molecule has 1 amide bonds. The normalized spacial score (nSPS) is 17.5. The zero-order valence-electron chi connectivity index (χ0n) is 13.7. The smallest absolute Gasteiger partial charge is 0.310 e. The van der Waals surface area contributed by atoms with Crippen molar-refractivity contribution < 1.29 is 14.3 Å². The molecule has 3 rings (SSSR count). The molecule has 0 aliphatic carbocycles. The summed E-state index contributed by atoms with van der Waals surface area (Å²) in [6, 6.07) is 11.9. The second-order valence-corrected chi connectivity index (χ2v) is 6.79. The summed E-state index contributed by atoms with van der Waals surface area (Å²) < 4.78 is 5.12. The number of ether oxygens (including phenoxy) is 1. The number of piperidine rings is 1. The van der Waals surface area contributed by atoms with Crippen molar-refractivity contribution in [3.63, 3.8) is 0 Å². The maximum Gasteiger partial charge on any atom is 0.310 e. The SMILES string of the molecule is CCOC(=O)C1CCCN(C(=O)c2sccc2-c2ccccc2)C1. The van der Waals surface area contributed by atoms with Crippen molar-refractivity contribution in [3.05, 3.63) is 46.7 Å². The second kappa shape index (κ2) is 7.62. The number of likely N-dealkylation sites (tertiary alicyclic amines) is 1. The van der Waals surface area contributed by atoms with Crippen LogP contribution in [0.15, 0.2) is 41.8 Å². The Bertz CT molecular complexity index is 710. The van der Waals surface area contributed by atoms with Crippen LogP contribution in [0.1, 0.15) is 29.4 Å². The minimum Gasteiger partial charge on any atom is -0.466 e. The number of hydrogen-bond acceptors (Lipinski definition) is 4. The van der Waals surface area contributed by atoms with Crippen LogP contribution in [-0.4, -0.2) is 36.5 Å². The minimum atomic E-state index is -0.206. The first-order chi connectivity index (χ1) is 11.7. The summed E-state index contributed by atoms with van der Waals surface area (Å²) in [5.41, 5.74) is 2.00. The third kappa shape index (κ3) is 3.51. The van der Waals surface area contributed by atoms with E-state index in [4.69, 9.17) is 4.74 Å². The van der Waals surface area contributed by atoms with Gasteiger partial charge >= 0.3 is 5.97 Å². The Morgan fingerprint density at radius 1 is 1.25 bits per heavy atom. The van der Waals surface area contributed by atoms with Gasteiger partial charge in [0.15, 0.2) is 0 Å². The summed E-state index contributed by atoms with van der Waals surface area (Å²) in [5.74, 6) is -0.384. The van der Waals surface area contributed by atoms with Crippen LogP contribution in [0.25, 0.3) is 11.1 Å². The van der Waals surface area contributed by atoms with E-state index in [2.05, 4.69) is 0 Å². The van der Waals surface area contributed by atoms with Crippen molar-refractivity contribution in [2.75, 3.05) is 19.7 Å².